The molecule has 1 heterocycles. The number of alkyl halides is 3. The molecule has 2 N–H and O–H groups in total. The van der Waals surface area contributed by atoms with Gasteiger partial charge in [-0.25, -0.2) is 8.78 Å². The summed E-state index contributed by atoms with van der Waals surface area (Å²) >= 11 is 0. The second-order valence-electron chi connectivity index (χ2n) is 4.44. The van der Waals surface area contributed by atoms with E-state index in [4.69, 9.17) is 5.73 Å². The molecule has 0 spiro atoms. The molecule has 0 saturated heterocycles. The average molecular weight is 316 g/mol. The van der Waals surface area contributed by atoms with E-state index < -0.39 is 46.5 Å². The number of amides is 1. The lowest BCUT2D eigenvalue weighted by atomic mass is 9.92. The maximum Gasteiger partial charge on any atom is 0.416 e. The van der Waals surface area contributed by atoms with Gasteiger partial charge in [-0.1, -0.05) is 6.07 Å². The third kappa shape index (κ3) is 3.05. The number of nitrogens with two attached hydrogens (primary N) is 1. The number of carbonyl (C=O) groups is 1. The third-order valence-corrected chi connectivity index (χ3v) is 2.98. The first-order valence-electron chi connectivity index (χ1n) is 5.98. The minimum absolute atomic E-state index is 0.480. The lowest BCUT2D eigenvalue weighted by Crippen LogP contribution is -2.25. The van der Waals surface area contributed by atoms with Gasteiger partial charge in [-0.05, 0) is 24.3 Å². The van der Waals surface area contributed by atoms with Gasteiger partial charge in [0, 0.05) is 11.8 Å². The molecule has 8 heteroatoms. The van der Waals surface area contributed by atoms with Gasteiger partial charge in [0.1, 0.15) is 17.6 Å². The molecule has 3 nitrogen and oxygen atoms in total. The third-order valence-electron chi connectivity index (χ3n) is 2.98. The van der Waals surface area contributed by atoms with Crippen LogP contribution >= 0.6 is 0 Å². The fraction of sp³-hybridized carbons (Fsp3) is 0.143. The molecule has 1 unspecified atom stereocenters. The molecule has 0 aliphatic rings. The Bertz CT molecular complexity index is 694. The fourth-order valence-corrected chi connectivity index (χ4v) is 2.00. The van der Waals surface area contributed by atoms with E-state index in [1.165, 1.54) is 0 Å². The maximum atomic E-state index is 13.8. The number of aromatic nitrogens is 1. The number of primary amides is 1. The van der Waals surface area contributed by atoms with Crippen molar-refractivity contribution in [3.8, 4) is 0 Å². The van der Waals surface area contributed by atoms with Gasteiger partial charge in [0.25, 0.3) is 0 Å². The number of carbonyl (C=O) groups excluding carboxylic acids is 1. The Kier molecular flexibility index (Phi) is 4.11. The molecule has 1 aromatic heterocycles. The monoisotopic (exact) mass is 316 g/mol. The summed E-state index contributed by atoms with van der Waals surface area (Å²) in [5.41, 5.74) is 2.79. The SMILES string of the molecule is NC(=O)C(c1cc(C(F)(F)F)ccn1)c1c(F)cccc1F. The molecule has 2 aromatic rings. The van der Waals surface area contributed by atoms with Crippen LogP contribution in [0.4, 0.5) is 22.0 Å². The van der Waals surface area contributed by atoms with Crippen molar-refractivity contribution in [2.75, 3.05) is 0 Å². The van der Waals surface area contributed by atoms with E-state index in [0.29, 0.717) is 12.1 Å². The predicted octanol–water partition coefficient (Wildman–Crippen LogP) is 3.00. The molecule has 0 bridgehead atoms. The zero-order valence-corrected chi connectivity index (χ0v) is 10.9. The van der Waals surface area contributed by atoms with Crippen LogP contribution < -0.4 is 5.73 Å². The van der Waals surface area contributed by atoms with E-state index in [9.17, 15) is 26.7 Å². The topological polar surface area (TPSA) is 56.0 Å². The van der Waals surface area contributed by atoms with Crippen LogP contribution in [0.1, 0.15) is 22.7 Å². The van der Waals surface area contributed by atoms with Crippen LogP contribution in [0, 0.1) is 11.6 Å². The molecule has 0 aliphatic heterocycles. The van der Waals surface area contributed by atoms with Crippen molar-refractivity contribution in [3.05, 3.63) is 65.0 Å². The van der Waals surface area contributed by atoms with E-state index >= 15 is 0 Å². The summed E-state index contributed by atoms with van der Waals surface area (Å²) in [5.74, 6) is -5.16. The quantitative estimate of drug-likeness (QED) is 0.885. The Labute approximate surface area is 121 Å². The van der Waals surface area contributed by atoms with Gasteiger partial charge in [0.15, 0.2) is 0 Å². The van der Waals surface area contributed by atoms with Crippen LogP contribution in [0.25, 0.3) is 0 Å². The Morgan fingerprint density at radius 1 is 1.14 bits per heavy atom. The van der Waals surface area contributed by atoms with Gasteiger partial charge < -0.3 is 5.73 Å². The molecule has 1 amide bonds. The first-order valence-corrected chi connectivity index (χ1v) is 5.98. The van der Waals surface area contributed by atoms with Crippen LogP contribution in [0.5, 0.6) is 0 Å². The highest BCUT2D eigenvalue weighted by Crippen LogP contribution is 2.33. The number of benzene rings is 1. The predicted molar refractivity (Wildman–Crippen MR) is 66.6 cm³/mol. The minimum Gasteiger partial charge on any atom is -0.369 e. The number of hydrogen-bond donors (Lipinski definition) is 1. The van der Waals surface area contributed by atoms with E-state index in [2.05, 4.69) is 4.98 Å². The zero-order chi connectivity index (χ0) is 16.5. The fourth-order valence-electron chi connectivity index (χ4n) is 2.00. The summed E-state index contributed by atoms with van der Waals surface area (Å²) < 4.78 is 65.7. The highest BCUT2D eigenvalue weighted by Gasteiger charge is 2.34. The zero-order valence-electron chi connectivity index (χ0n) is 10.9. The van der Waals surface area contributed by atoms with Crippen molar-refractivity contribution in [2.24, 2.45) is 5.73 Å². The molecule has 22 heavy (non-hydrogen) atoms. The van der Waals surface area contributed by atoms with E-state index in [1.54, 1.807) is 0 Å². The molecule has 1 aromatic carbocycles. The van der Waals surface area contributed by atoms with Crippen molar-refractivity contribution in [1.29, 1.82) is 0 Å². The normalized spacial score (nSPS) is 13.0. The largest absolute Gasteiger partial charge is 0.416 e. The summed E-state index contributed by atoms with van der Waals surface area (Å²) in [6, 6.07) is 4.04. The smallest absolute Gasteiger partial charge is 0.369 e. The van der Waals surface area contributed by atoms with Crippen LogP contribution in [-0.4, -0.2) is 10.9 Å². The molecule has 0 aliphatic carbocycles. The van der Waals surface area contributed by atoms with Gasteiger partial charge in [0.05, 0.1) is 11.3 Å². The Balaban J connectivity index is 2.62. The minimum atomic E-state index is -4.69. The standard InChI is InChI=1S/C14H9F5N2O/c15-8-2-1-3-9(16)11(8)12(13(20)22)10-6-7(4-5-21-10)14(17,18)19/h1-6,12H,(H2,20,22). The van der Waals surface area contributed by atoms with E-state index in [-0.39, 0.29) is 0 Å². The first kappa shape index (κ1) is 15.9. The molecule has 1 atom stereocenters. The summed E-state index contributed by atoms with van der Waals surface area (Å²) in [4.78, 5) is 15.1. The van der Waals surface area contributed by atoms with Crippen molar-refractivity contribution in [1.82, 2.24) is 4.98 Å². The summed E-state index contributed by atoms with van der Waals surface area (Å²) in [5, 5.41) is 0. The average Bonchev–Trinajstić information content (AvgIpc) is 2.42. The number of pyridine rings is 1. The van der Waals surface area contributed by atoms with Gasteiger partial charge in [-0.2, -0.15) is 13.2 Å². The van der Waals surface area contributed by atoms with E-state index in [1.807, 2.05) is 0 Å². The molecule has 0 radical (unpaired) electrons. The van der Waals surface area contributed by atoms with Gasteiger partial charge in [-0.15, -0.1) is 0 Å². The Hall–Kier alpha value is -2.51. The second-order valence-corrected chi connectivity index (χ2v) is 4.44. The first-order chi connectivity index (χ1) is 10.2. The lowest BCUT2D eigenvalue weighted by molar-refractivity contribution is -0.137. The van der Waals surface area contributed by atoms with Crippen LogP contribution in [0.15, 0.2) is 36.5 Å². The van der Waals surface area contributed by atoms with Crippen molar-refractivity contribution < 1.29 is 26.7 Å². The lowest BCUT2D eigenvalue weighted by Gasteiger charge is -2.16. The molecule has 0 fully saturated rings. The van der Waals surface area contributed by atoms with Crippen LogP contribution in [0.3, 0.4) is 0 Å². The molecular formula is C14H9F5N2O. The van der Waals surface area contributed by atoms with Crippen LogP contribution in [0.2, 0.25) is 0 Å². The summed E-state index contributed by atoms with van der Waals surface area (Å²) in [6.45, 7) is 0. The maximum absolute atomic E-state index is 13.8. The Morgan fingerprint density at radius 3 is 2.23 bits per heavy atom. The Morgan fingerprint density at radius 2 is 1.73 bits per heavy atom. The van der Waals surface area contributed by atoms with Crippen molar-refractivity contribution >= 4 is 5.91 Å². The molecule has 2 rings (SSSR count). The van der Waals surface area contributed by atoms with Gasteiger partial charge >= 0.3 is 6.18 Å². The highest BCUT2D eigenvalue weighted by atomic mass is 19.4. The van der Waals surface area contributed by atoms with Crippen molar-refractivity contribution in [2.45, 2.75) is 12.1 Å². The van der Waals surface area contributed by atoms with Gasteiger partial charge in [-0.3, -0.25) is 9.78 Å². The van der Waals surface area contributed by atoms with E-state index in [0.717, 1.165) is 24.4 Å². The number of nitrogens with zero attached hydrogens (tertiary/aromatic N) is 1. The van der Waals surface area contributed by atoms with Crippen molar-refractivity contribution in [3.63, 3.8) is 0 Å². The molecule has 116 valence electrons. The summed E-state index contributed by atoms with van der Waals surface area (Å²) in [6.07, 6.45) is -3.89. The number of rotatable bonds is 3. The number of halogens is 5. The van der Waals surface area contributed by atoms with Crippen LogP contribution in [-0.2, 0) is 11.0 Å². The number of hydrogen-bond acceptors (Lipinski definition) is 2. The highest BCUT2D eigenvalue weighted by molar-refractivity contribution is 5.85. The second kappa shape index (κ2) is 5.70. The summed E-state index contributed by atoms with van der Waals surface area (Å²) in [7, 11) is 0. The molecule has 0 saturated carbocycles. The van der Waals surface area contributed by atoms with Gasteiger partial charge in [0.2, 0.25) is 5.91 Å². The molecular weight excluding hydrogens is 307 g/mol.